The van der Waals surface area contributed by atoms with E-state index < -0.39 is 0 Å². The summed E-state index contributed by atoms with van der Waals surface area (Å²) in [6.07, 6.45) is 5.32. The van der Waals surface area contributed by atoms with Crippen LogP contribution in [-0.2, 0) is 0 Å². The molecule has 0 radical (unpaired) electrons. The Balaban J connectivity index is 1.97. The van der Waals surface area contributed by atoms with Crippen molar-refractivity contribution in [3.63, 3.8) is 0 Å². The van der Waals surface area contributed by atoms with Crippen molar-refractivity contribution in [2.24, 2.45) is 5.92 Å². The lowest BCUT2D eigenvalue weighted by Crippen LogP contribution is -2.26. The molecule has 16 heavy (non-hydrogen) atoms. The molecule has 0 aromatic heterocycles. The molecule has 1 aromatic rings. The van der Waals surface area contributed by atoms with Crippen LogP contribution in [0.2, 0.25) is 0 Å². The van der Waals surface area contributed by atoms with E-state index in [0.717, 1.165) is 11.7 Å². The maximum Gasteiger partial charge on any atom is 0.120 e. The van der Waals surface area contributed by atoms with Gasteiger partial charge in [-0.3, -0.25) is 0 Å². The van der Waals surface area contributed by atoms with Crippen molar-refractivity contribution in [3.05, 3.63) is 24.3 Å². The normalized spacial score (nSPS) is 25.1. The number of benzene rings is 1. The lowest BCUT2D eigenvalue weighted by Gasteiger charge is -2.28. The quantitative estimate of drug-likeness (QED) is 0.837. The van der Waals surface area contributed by atoms with Crippen LogP contribution in [0.15, 0.2) is 24.3 Å². The summed E-state index contributed by atoms with van der Waals surface area (Å²) in [6.45, 7) is 2.35. The van der Waals surface area contributed by atoms with Crippen LogP contribution in [-0.4, -0.2) is 13.2 Å². The number of nitrogens with one attached hydrogen (secondary N) is 1. The van der Waals surface area contributed by atoms with Gasteiger partial charge in [-0.2, -0.15) is 0 Å². The van der Waals surface area contributed by atoms with Crippen LogP contribution in [0.3, 0.4) is 0 Å². The van der Waals surface area contributed by atoms with Crippen molar-refractivity contribution >= 4 is 5.69 Å². The maximum atomic E-state index is 5.23. The first-order chi connectivity index (χ1) is 7.78. The third-order valence-corrected chi connectivity index (χ3v) is 3.38. The molecular weight excluding hydrogens is 198 g/mol. The highest BCUT2D eigenvalue weighted by Gasteiger charge is 2.18. The van der Waals surface area contributed by atoms with Crippen molar-refractivity contribution in [2.75, 3.05) is 12.4 Å². The van der Waals surface area contributed by atoms with Crippen molar-refractivity contribution < 1.29 is 4.74 Å². The Bertz CT molecular complexity index is 337. The fraction of sp³-hybridized carbons (Fsp3) is 0.571. The van der Waals surface area contributed by atoms with Crippen molar-refractivity contribution in [3.8, 4) is 5.75 Å². The molecule has 2 atom stereocenters. The predicted octanol–water partition coefficient (Wildman–Crippen LogP) is 3.69. The van der Waals surface area contributed by atoms with Crippen molar-refractivity contribution in [2.45, 2.75) is 38.6 Å². The molecule has 2 nitrogen and oxygen atoms in total. The van der Waals surface area contributed by atoms with Gasteiger partial charge < -0.3 is 10.1 Å². The Morgan fingerprint density at radius 1 is 1.31 bits per heavy atom. The van der Waals surface area contributed by atoms with Gasteiger partial charge in [0.05, 0.1) is 7.11 Å². The molecule has 0 heterocycles. The third kappa shape index (κ3) is 2.91. The molecule has 1 saturated carbocycles. The first kappa shape index (κ1) is 11.3. The van der Waals surface area contributed by atoms with Gasteiger partial charge in [0, 0.05) is 17.8 Å². The fourth-order valence-corrected chi connectivity index (χ4v) is 2.51. The molecule has 1 aliphatic rings. The highest BCUT2D eigenvalue weighted by Crippen LogP contribution is 2.27. The second-order valence-corrected chi connectivity index (χ2v) is 4.84. The van der Waals surface area contributed by atoms with Gasteiger partial charge in [-0.05, 0) is 30.9 Å². The predicted molar refractivity (Wildman–Crippen MR) is 68.0 cm³/mol. The van der Waals surface area contributed by atoms with Crippen LogP contribution in [0.5, 0.6) is 5.75 Å². The SMILES string of the molecule is COc1cccc(NC2CCCC(C)C2)c1. The van der Waals surface area contributed by atoms with Gasteiger partial charge in [0.2, 0.25) is 0 Å². The lowest BCUT2D eigenvalue weighted by atomic mass is 9.87. The second kappa shape index (κ2) is 5.24. The van der Waals surface area contributed by atoms with E-state index in [1.165, 1.54) is 31.4 Å². The monoisotopic (exact) mass is 219 g/mol. The van der Waals surface area contributed by atoms with Crippen LogP contribution >= 0.6 is 0 Å². The van der Waals surface area contributed by atoms with E-state index >= 15 is 0 Å². The summed E-state index contributed by atoms with van der Waals surface area (Å²) < 4.78 is 5.23. The van der Waals surface area contributed by atoms with Crippen LogP contribution < -0.4 is 10.1 Å². The Morgan fingerprint density at radius 3 is 2.94 bits per heavy atom. The summed E-state index contributed by atoms with van der Waals surface area (Å²) in [5, 5.41) is 3.61. The van der Waals surface area contributed by atoms with E-state index in [0.29, 0.717) is 6.04 Å². The Kier molecular flexibility index (Phi) is 3.70. The van der Waals surface area contributed by atoms with E-state index in [4.69, 9.17) is 4.74 Å². The molecule has 2 rings (SSSR count). The summed E-state index contributed by atoms with van der Waals surface area (Å²) in [5.74, 6) is 1.78. The van der Waals surface area contributed by atoms with Crippen LogP contribution in [0.25, 0.3) is 0 Å². The number of rotatable bonds is 3. The smallest absolute Gasteiger partial charge is 0.120 e. The van der Waals surface area contributed by atoms with E-state index in [-0.39, 0.29) is 0 Å². The summed E-state index contributed by atoms with van der Waals surface area (Å²) in [5.41, 5.74) is 1.18. The molecule has 88 valence electrons. The third-order valence-electron chi connectivity index (χ3n) is 3.38. The maximum absolute atomic E-state index is 5.23. The molecule has 1 aliphatic carbocycles. The van der Waals surface area contributed by atoms with E-state index in [1.807, 2.05) is 12.1 Å². The largest absolute Gasteiger partial charge is 0.497 e. The van der Waals surface area contributed by atoms with Gasteiger partial charge in [0.25, 0.3) is 0 Å². The van der Waals surface area contributed by atoms with Gasteiger partial charge >= 0.3 is 0 Å². The molecule has 0 aliphatic heterocycles. The first-order valence-electron chi connectivity index (χ1n) is 6.18. The first-order valence-corrected chi connectivity index (χ1v) is 6.18. The zero-order valence-electron chi connectivity index (χ0n) is 10.2. The van der Waals surface area contributed by atoms with Crippen molar-refractivity contribution in [1.82, 2.24) is 0 Å². The van der Waals surface area contributed by atoms with Gasteiger partial charge in [-0.1, -0.05) is 25.8 Å². The Morgan fingerprint density at radius 2 is 2.19 bits per heavy atom. The molecule has 1 fully saturated rings. The molecule has 1 aromatic carbocycles. The number of ether oxygens (including phenoxy) is 1. The zero-order valence-corrected chi connectivity index (χ0v) is 10.2. The summed E-state index contributed by atoms with van der Waals surface area (Å²) in [7, 11) is 1.71. The Hall–Kier alpha value is -1.18. The zero-order chi connectivity index (χ0) is 11.4. The molecule has 2 heteroatoms. The minimum atomic E-state index is 0.635. The molecule has 0 saturated heterocycles. The van der Waals surface area contributed by atoms with Gasteiger partial charge in [-0.15, -0.1) is 0 Å². The fourth-order valence-electron chi connectivity index (χ4n) is 2.51. The molecule has 0 amide bonds. The van der Waals surface area contributed by atoms with E-state index in [1.54, 1.807) is 7.11 Å². The number of anilines is 1. The standard InChI is InChI=1S/C14H21NO/c1-11-5-3-6-12(9-11)15-13-7-4-8-14(10-13)16-2/h4,7-8,10-12,15H,3,5-6,9H2,1-2H3. The van der Waals surface area contributed by atoms with Crippen molar-refractivity contribution in [1.29, 1.82) is 0 Å². The van der Waals surface area contributed by atoms with E-state index in [9.17, 15) is 0 Å². The summed E-state index contributed by atoms with van der Waals surface area (Å²) in [6, 6.07) is 8.83. The molecular formula is C14H21NO. The average molecular weight is 219 g/mol. The topological polar surface area (TPSA) is 21.3 Å². The number of methoxy groups -OCH3 is 1. The van der Waals surface area contributed by atoms with E-state index in [2.05, 4.69) is 24.4 Å². The second-order valence-electron chi connectivity index (χ2n) is 4.84. The minimum Gasteiger partial charge on any atom is -0.497 e. The molecule has 0 spiro atoms. The van der Waals surface area contributed by atoms with Gasteiger partial charge in [-0.25, -0.2) is 0 Å². The van der Waals surface area contributed by atoms with Crippen LogP contribution in [0, 0.1) is 5.92 Å². The summed E-state index contributed by atoms with van der Waals surface area (Å²) in [4.78, 5) is 0. The molecule has 1 N–H and O–H groups in total. The number of hydrogen-bond acceptors (Lipinski definition) is 2. The minimum absolute atomic E-state index is 0.635. The van der Waals surface area contributed by atoms with Crippen LogP contribution in [0.4, 0.5) is 5.69 Å². The summed E-state index contributed by atoms with van der Waals surface area (Å²) >= 11 is 0. The lowest BCUT2D eigenvalue weighted by molar-refractivity contribution is 0.358. The number of hydrogen-bond donors (Lipinski definition) is 1. The molecule has 0 bridgehead atoms. The molecule has 2 unspecified atom stereocenters. The van der Waals surface area contributed by atoms with Gasteiger partial charge in [0.15, 0.2) is 0 Å². The average Bonchev–Trinajstić information content (AvgIpc) is 2.29. The highest BCUT2D eigenvalue weighted by molar-refractivity contribution is 5.48. The van der Waals surface area contributed by atoms with Crippen LogP contribution in [0.1, 0.15) is 32.6 Å². The highest BCUT2D eigenvalue weighted by atomic mass is 16.5. The van der Waals surface area contributed by atoms with Gasteiger partial charge in [0.1, 0.15) is 5.75 Å². The Labute approximate surface area is 98.0 Å².